The van der Waals surface area contributed by atoms with E-state index < -0.39 is 22.9 Å². The highest BCUT2D eigenvalue weighted by Gasteiger charge is 2.34. The fourth-order valence-corrected chi connectivity index (χ4v) is 3.56. The van der Waals surface area contributed by atoms with E-state index in [2.05, 4.69) is 5.32 Å². The maximum atomic E-state index is 12.1. The average molecular weight is 303 g/mol. The minimum Gasteiger partial charge on any atom is -0.315 e. The molecule has 1 saturated heterocycles. The fraction of sp³-hybridized carbons (Fsp3) is 1.00. The van der Waals surface area contributed by atoms with E-state index >= 15 is 0 Å². The van der Waals surface area contributed by atoms with E-state index in [1.54, 1.807) is 11.6 Å². The summed E-state index contributed by atoms with van der Waals surface area (Å²) >= 11 is 0. The first-order valence-corrected chi connectivity index (χ1v) is 7.74. The first-order chi connectivity index (χ1) is 8.76. The number of halogens is 3. The zero-order chi connectivity index (χ0) is 14.5. The third kappa shape index (κ3) is 5.64. The Labute approximate surface area is 111 Å². The van der Waals surface area contributed by atoms with Gasteiger partial charge in [0.15, 0.2) is 0 Å². The van der Waals surface area contributed by atoms with Crippen LogP contribution in [0.1, 0.15) is 26.2 Å². The van der Waals surface area contributed by atoms with Crippen molar-refractivity contribution in [1.82, 2.24) is 14.3 Å². The van der Waals surface area contributed by atoms with Gasteiger partial charge in [-0.25, -0.2) is 0 Å². The predicted octanol–water partition coefficient (Wildman–Crippen LogP) is 0.847. The maximum Gasteiger partial charge on any atom is 0.402 e. The van der Waals surface area contributed by atoms with Crippen molar-refractivity contribution >= 4 is 10.2 Å². The predicted molar refractivity (Wildman–Crippen MR) is 65.9 cm³/mol. The van der Waals surface area contributed by atoms with E-state index in [4.69, 9.17) is 0 Å². The summed E-state index contributed by atoms with van der Waals surface area (Å²) in [5.41, 5.74) is 0. The number of nitrogens with one attached hydrogen (secondary N) is 2. The van der Waals surface area contributed by atoms with Crippen molar-refractivity contribution in [1.29, 1.82) is 0 Å². The molecule has 0 aromatic carbocycles. The van der Waals surface area contributed by atoms with E-state index in [0.29, 0.717) is 19.4 Å². The molecule has 2 N–H and O–H groups in total. The van der Waals surface area contributed by atoms with Crippen LogP contribution < -0.4 is 10.0 Å². The Morgan fingerprint density at radius 2 is 2.11 bits per heavy atom. The minimum absolute atomic E-state index is 0.222. The molecule has 0 bridgehead atoms. The molecule has 1 rings (SSSR count). The number of alkyl halides is 3. The number of hydrogen-bond donors (Lipinski definition) is 2. The third-order valence-corrected chi connectivity index (χ3v) is 4.49. The van der Waals surface area contributed by atoms with Crippen molar-refractivity contribution in [2.45, 2.75) is 38.4 Å². The monoisotopic (exact) mass is 303 g/mol. The van der Waals surface area contributed by atoms with E-state index in [1.165, 1.54) is 0 Å². The first-order valence-electron chi connectivity index (χ1n) is 6.30. The summed E-state index contributed by atoms with van der Waals surface area (Å²) in [6, 6.07) is -0.278. The van der Waals surface area contributed by atoms with Crippen LogP contribution in [0.5, 0.6) is 0 Å². The zero-order valence-corrected chi connectivity index (χ0v) is 11.6. The molecular formula is C10H20F3N3O2S. The van der Waals surface area contributed by atoms with Crippen molar-refractivity contribution in [3.05, 3.63) is 0 Å². The summed E-state index contributed by atoms with van der Waals surface area (Å²) in [7, 11) is -4.09. The Balaban J connectivity index is 2.72. The fourth-order valence-electron chi connectivity index (χ4n) is 2.05. The molecule has 1 unspecified atom stereocenters. The SMILES string of the molecule is CCCN(C1CCCNC1)S(=O)(=O)NCC(F)(F)F. The minimum atomic E-state index is -4.55. The normalized spacial score (nSPS) is 21.8. The van der Waals surface area contributed by atoms with Gasteiger partial charge >= 0.3 is 6.18 Å². The topological polar surface area (TPSA) is 61.4 Å². The van der Waals surface area contributed by atoms with E-state index in [-0.39, 0.29) is 12.6 Å². The summed E-state index contributed by atoms with van der Waals surface area (Å²) in [4.78, 5) is 0. The summed E-state index contributed by atoms with van der Waals surface area (Å²) in [5, 5.41) is 3.06. The van der Waals surface area contributed by atoms with Gasteiger partial charge in [0.2, 0.25) is 0 Å². The molecule has 1 atom stereocenters. The molecule has 0 amide bonds. The zero-order valence-electron chi connectivity index (χ0n) is 10.8. The smallest absolute Gasteiger partial charge is 0.315 e. The van der Waals surface area contributed by atoms with Gasteiger partial charge in [-0.2, -0.15) is 30.6 Å². The molecule has 9 heteroatoms. The van der Waals surface area contributed by atoms with Gasteiger partial charge in [-0.05, 0) is 25.8 Å². The second kappa shape index (κ2) is 6.87. The highest BCUT2D eigenvalue weighted by Crippen LogP contribution is 2.17. The highest BCUT2D eigenvalue weighted by atomic mass is 32.2. The van der Waals surface area contributed by atoms with Crippen LogP contribution in [0.15, 0.2) is 0 Å². The molecule has 5 nitrogen and oxygen atoms in total. The summed E-state index contributed by atoms with van der Waals surface area (Å²) in [6.45, 7) is 1.77. The van der Waals surface area contributed by atoms with Gasteiger partial charge in [0, 0.05) is 19.1 Å². The molecule has 114 valence electrons. The van der Waals surface area contributed by atoms with Crippen molar-refractivity contribution in [3.8, 4) is 0 Å². The summed E-state index contributed by atoms with van der Waals surface area (Å²) in [5.74, 6) is 0. The largest absolute Gasteiger partial charge is 0.402 e. The van der Waals surface area contributed by atoms with Crippen LogP contribution in [0, 0.1) is 0 Å². The van der Waals surface area contributed by atoms with Crippen molar-refractivity contribution < 1.29 is 21.6 Å². The second-order valence-electron chi connectivity index (χ2n) is 4.55. The van der Waals surface area contributed by atoms with Gasteiger partial charge in [-0.1, -0.05) is 6.92 Å². The summed E-state index contributed by atoms with van der Waals surface area (Å²) < 4.78 is 63.0. The average Bonchev–Trinajstić information content (AvgIpc) is 2.34. The van der Waals surface area contributed by atoms with Gasteiger partial charge < -0.3 is 5.32 Å². The molecule has 0 aliphatic carbocycles. The van der Waals surface area contributed by atoms with Crippen LogP contribution >= 0.6 is 0 Å². The molecule has 1 heterocycles. The van der Waals surface area contributed by atoms with Gasteiger partial charge in [0.05, 0.1) is 0 Å². The van der Waals surface area contributed by atoms with Crippen LogP contribution in [-0.2, 0) is 10.2 Å². The van der Waals surface area contributed by atoms with Crippen LogP contribution in [0.3, 0.4) is 0 Å². The van der Waals surface area contributed by atoms with Crippen LogP contribution in [0.4, 0.5) is 13.2 Å². The molecule has 19 heavy (non-hydrogen) atoms. The van der Waals surface area contributed by atoms with Crippen LogP contribution in [-0.4, -0.2) is 51.1 Å². The highest BCUT2D eigenvalue weighted by molar-refractivity contribution is 7.87. The lowest BCUT2D eigenvalue weighted by molar-refractivity contribution is -0.121. The molecule has 1 aliphatic rings. The van der Waals surface area contributed by atoms with E-state index in [1.807, 2.05) is 0 Å². The molecular weight excluding hydrogens is 283 g/mol. The van der Waals surface area contributed by atoms with Crippen molar-refractivity contribution in [3.63, 3.8) is 0 Å². The van der Waals surface area contributed by atoms with Crippen LogP contribution in [0.2, 0.25) is 0 Å². The van der Waals surface area contributed by atoms with E-state index in [9.17, 15) is 21.6 Å². The molecule has 1 aliphatic heterocycles. The standard InChI is InChI=1S/C10H20F3N3O2S/c1-2-6-16(9-4-3-5-14-7-9)19(17,18)15-8-10(11,12)13/h9,14-15H,2-8H2,1H3. The number of hydrogen-bond acceptors (Lipinski definition) is 3. The van der Waals surface area contributed by atoms with Crippen molar-refractivity contribution in [2.24, 2.45) is 0 Å². The number of nitrogens with zero attached hydrogens (tertiary/aromatic N) is 1. The first kappa shape index (κ1) is 16.7. The second-order valence-corrected chi connectivity index (χ2v) is 6.26. The Morgan fingerprint density at radius 3 is 2.58 bits per heavy atom. The Morgan fingerprint density at radius 1 is 1.42 bits per heavy atom. The quantitative estimate of drug-likeness (QED) is 0.764. The molecule has 0 saturated carbocycles. The van der Waals surface area contributed by atoms with Crippen LogP contribution in [0.25, 0.3) is 0 Å². The number of piperidine rings is 1. The van der Waals surface area contributed by atoms with Gasteiger partial charge in [0.25, 0.3) is 10.2 Å². The molecule has 1 fully saturated rings. The maximum absolute atomic E-state index is 12.1. The van der Waals surface area contributed by atoms with Gasteiger partial charge in [-0.3, -0.25) is 0 Å². The molecule has 0 radical (unpaired) electrons. The Hall–Kier alpha value is -0.380. The summed E-state index contributed by atoms with van der Waals surface area (Å²) in [6.07, 6.45) is -2.50. The molecule has 0 aromatic heterocycles. The molecule has 0 spiro atoms. The van der Waals surface area contributed by atoms with Crippen molar-refractivity contribution in [2.75, 3.05) is 26.2 Å². The van der Waals surface area contributed by atoms with Gasteiger partial charge in [-0.15, -0.1) is 0 Å². The Kier molecular flexibility index (Phi) is 6.03. The lowest BCUT2D eigenvalue weighted by Gasteiger charge is -2.33. The van der Waals surface area contributed by atoms with Gasteiger partial charge in [0.1, 0.15) is 6.54 Å². The third-order valence-electron chi connectivity index (χ3n) is 2.89. The lowest BCUT2D eigenvalue weighted by Crippen LogP contribution is -2.53. The lowest BCUT2D eigenvalue weighted by atomic mass is 10.1. The molecule has 0 aromatic rings. The number of rotatable bonds is 6. The Bertz CT molecular complexity index is 367. The van der Waals surface area contributed by atoms with E-state index in [0.717, 1.165) is 17.3 Å².